The van der Waals surface area contributed by atoms with Gasteiger partial charge in [0.05, 0.1) is 22.0 Å². The SMILES string of the molecule is C=C(Sc1c(NC(CC)CC)cc(N)nc1C)c1ccn[nH]1. The summed E-state index contributed by atoms with van der Waals surface area (Å²) in [4.78, 5) is 6.34. The van der Waals surface area contributed by atoms with E-state index in [1.165, 1.54) is 0 Å². The Kier molecular flexibility index (Phi) is 5.49. The molecule has 0 aromatic carbocycles. The van der Waals surface area contributed by atoms with Gasteiger partial charge >= 0.3 is 0 Å². The molecule has 2 rings (SSSR count). The van der Waals surface area contributed by atoms with E-state index in [9.17, 15) is 0 Å². The van der Waals surface area contributed by atoms with Crippen molar-refractivity contribution in [3.63, 3.8) is 0 Å². The topological polar surface area (TPSA) is 79.6 Å². The van der Waals surface area contributed by atoms with Crippen LogP contribution in [0.3, 0.4) is 0 Å². The fourth-order valence-corrected chi connectivity index (χ4v) is 3.11. The number of aryl methyl sites for hydroxylation is 1. The van der Waals surface area contributed by atoms with E-state index in [0.29, 0.717) is 11.9 Å². The molecule has 0 aliphatic carbocycles. The molecule has 0 radical (unpaired) electrons. The number of rotatable bonds is 7. The molecule has 0 atom stereocenters. The second-order valence-electron chi connectivity index (χ2n) is 5.16. The molecule has 0 saturated heterocycles. The summed E-state index contributed by atoms with van der Waals surface area (Å²) in [6.07, 6.45) is 3.84. The van der Waals surface area contributed by atoms with Gasteiger partial charge in [-0.15, -0.1) is 0 Å². The summed E-state index contributed by atoms with van der Waals surface area (Å²) in [6.45, 7) is 10.4. The van der Waals surface area contributed by atoms with Crippen LogP contribution >= 0.6 is 11.8 Å². The van der Waals surface area contributed by atoms with Crippen LogP contribution in [-0.2, 0) is 0 Å². The molecule has 5 nitrogen and oxygen atoms in total. The zero-order valence-corrected chi connectivity index (χ0v) is 14.1. The zero-order chi connectivity index (χ0) is 16.1. The fourth-order valence-electron chi connectivity index (χ4n) is 2.22. The molecule has 0 aliphatic heterocycles. The maximum absolute atomic E-state index is 5.91. The van der Waals surface area contributed by atoms with Crippen molar-refractivity contribution in [1.82, 2.24) is 15.2 Å². The number of hydrogen-bond acceptors (Lipinski definition) is 5. The number of nitrogens with two attached hydrogens (primary N) is 1. The summed E-state index contributed by atoms with van der Waals surface area (Å²) in [5, 5.41) is 10.5. The first kappa shape index (κ1) is 16.4. The summed E-state index contributed by atoms with van der Waals surface area (Å²) in [7, 11) is 0. The summed E-state index contributed by atoms with van der Waals surface area (Å²) in [5.41, 5.74) is 8.75. The van der Waals surface area contributed by atoms with Gasteiger partial charge in [0.15, 0.2) is 0 Å². The van der Waals surface area contributed by atoms with Crippen molar-refractivity contribution in [2.45, 2.75) is 44.6 Å². The molecule has 6 heteroatoms. The Morgan fingerprint density at radius 3 is 2.77 bits per heavy atom. The van der Waals surface area contributed by atoms with Crippen molar-refractivity contribution in [3.05, 3.63) is 36.3 Å². The lowest BCUT2D eigenvalue weighted by Crippen LogP contribution is -2.18. The lowest BCUT2D eigenvalue weighted by Gasteiger charge is -2.20. The van der Waals surface area contributed by atoms with Crippen LogP contribution in [0.1, 0.15) is 38.1 Å². The fraction of sp³-hybridized carbons (Fsp3) is 0.375. The van der Waals surface area contributed by atoms with E-state index in [0.717, 1.165) is 39.7 Å². The summed E-state index contributed by atoms with van der Waals surface area (Å²) in [5.74, 6) is 0.530. The maximum atomic E-state index is 5.91. The number of nitrogens with one attached hydrogen (secondary N) is 2. The van der Waals surface area contributed by atoms with Crippen LogP contribution in [0.4, 0.5) is 11.5 Å². The molecular formula is C16H23N5S. The lowest BCUT2D eigenvalue weighted by atomic mass is 10.1. The maximum Gasteiger partial charge on any atom is 0.125 e. The molecule has 0 unspecified atom stereocenters. The number of H-pyrrole nitrogens is 1. The first-order chi connectivity index (χ1) is 10.5. The van der Waals surface area contributed by atoms with Gasteiger partial charge in [-0.3, -0.25) is 5.10 Å². The highest BCUT2D eigenvalue weighted by Gasteiger charge is 2.15. The van der Waals surface area contributed by atoms with Crippen LogP contribution in [0.2, 0.25) is 0 Å². The third kappa shape index (κ3) is 3.82. The molecule has 118 valence electrons. The second-order valence-corrected chi connectivity index (χ2v) is 6.27. The van der Waals surface area contributed by atoms with Crippen molar-refractivity contribution in [1.29, 1.82) is 0 Å². The van der Waals surface area contributed by atoms with Gasteiger partial charge in [0.25, 0.3) is 0 Å². The van der Waals surface area contributed by atoms with E-state index in [-0.39, 0.29) is 0 Å². The number of nitrogen functional groups attached to an aromatic ring is 1. The van der Waals surface area contributed by atoms with Gasteiger partial charge in [-0.05, 0) is 25.8 Å². The van der Waals surface area contributed by atoms with Crippen molar-refractivity contribution in [3.8, 4) is 0 Å². The number of aromatic amines is 1. The average molecular weight is 317 g/mol. The van der Waals surface area contributed by atoms with Crippen molar-refractivity contribution >= 4 is 28.2 Å². The zero-order valence-electron chi connectivity index (χ0n) is 13.3. The van der Waals surface area contributed by atoms with Gasteiger partial charge in [0.1, 0.15) is 5.82 Å². The van der Waals surface area contributed by atoms with E-state index in [2.05, 4.69) is 40.9 Å². The van der Waals surface area contributed by atoms with Gasteiger partial charge in [-0.25, -0.2) is 4.98 Å². The van der Waals surface area contributed by atoms with E-state index in [4.69, 9.17) is 5.73 Å². The first-order valence-electron chi connectivity index (χ1n) is 7.45. The Bertz CT molecular complexity index is 632. The Hall–Kier alpha value is -1.95. The van der Waals surface area contributed by atoms with Gasteiger partial charge in [-0.2, -0.15) is 5.10 Å². The second kappa shape index (κ2) is 7.35. The number of pyridine rings is 1. The Morgan fingerprint density at radius 1 is 1.45 bits per heavy atom. The minimum absolute atomic E-state index is 0.418. The standard InChI is InChI=1S/C16H23N5S/c1-5-12(6-2)20-14-9-15(17)19-10(3)16(14)22-11(4)13-7-8-18-21-13/h7-9,12H,4-6H2,1-3H3,(H,18,21)(H3,17,19,20). The van der Waals surface area contributed by atoms with E-state index < -0.39 is 0 Å². The van der Waals surface area contributed by atoms with E-state index in [1.807, 2.05) is 19.1 Å². The highest BCUT2D eigenvalue weighted by Crippen LogP contribution is 2.39. The highest BCUT2D eigenvalue weighted by atomic mass is 32.2. The monoisotopic (exact) mass is 317 g/mol. The predicted molar refractivity (Wildman–Crippen MR) is 94.9 cm³/mol. The van der Waals surface area contributed by atoms with E-state index >= 15 is 0 Å². The molecule has 0 saturated carbocycles. The minimum atomic E-state index is 0.418. The molecule has 0 aliphatic rings. The van der Waals surface area contributed by atoms with Gasteiger partial charge in [0, 0.05) is 23.2 Å². The molecular weight excluding hydrogens is 294 g/mol. The lowest BCUT2D eigenvalue weighted by molar-refractivity contribution is 0.669. The third-order valence-corrected chi connectivity index (χ3v) is 4.72. The largest absolute Gasteiger partial charge is 0.384 e. The Morgan fingerprint density at radius 2 is 2.18 bits per heavy atom. The Balaban J connectivity index is 2.30. The van der Waals surface area contributed by atoms with Crippen LogP contribution in [-0.4, -0.2) is 21.2 Å². The normalized spacial score (nSPS) is 10.9. The third-order valence-electron chi connectivity index (χ3n) is 3.53. The predicted octanol–water partition coefficient (Wildman–Crippen LogP) is 4.06. The molecule has 2 heterocycles. The van der Waals surface area contributed by atoms with Crippen LogP contribution in [0.5, 0.6) is 0 Å². The molecule has 4 N–H and O–H groups in total. The summed E-state index contributed by atoms with van der Waals surface area (Å²) >= 11 is 1.58. The molecule has 2 aromatic rings. The van der Waals surface area contributed by atoms with Crippen molar-refractivity contribution < 1.29 is 0 Å². The minimum Gasteiger partial charge on any atom is -0.384 e. The molecule has 0 bridgehead atoms. The molecule has 0 spiro atoms. The van der Waals surface area contributed by atoms with Crippen LogP contribution in [0.25, 0.3) is 4.91 Å². The highest BCUT2D eigenvalue weighted by molar-refractivity contribution is 8.08. The number of thioether (sulfide) groups is 1. The van der Waals surface area contributed by atoms with Gasteiger partial charge in [-0.1, -0.05) is 32.2 Å². The smallest absolute Gasteiger partial charge is 0.125 e. The Labute approximate surface area is 135 Å². The molecule has 0 fully saturated rings. The van der Waals surface area contributed by atoms with Crippen LogP contribution < -0.4 is 11.1 Å². The number of hydrogen-bond donors (Lipinski definition) is 3. The number of nitrogens with zero attached hydrogens (tertiary/aromatic N) is 2. The van der Waals surface area contributed by atoms with Crippen LogP contribution in [0.15, 0.2) is 29.8 Å². The van der Waals surface area contributed by atoms with Crippen LogP contribution in [0, 0.1) is 6.92 Å². The number of aromatic nitrogens is 3. The quantitative estimate of drug-likeness (QED) is 0.671. The summed E-state index contributed by atoms with van der Waals surface area (Å²) < 4.78 is 0. The van der Waals surface area contributed by atoms with Crippen molar-refractivity contribution in [2.75, 3.05) is 11.1 Å². The van der Waals surface area contributed by atoms with Gasteiger partial charge < -0.3 is 11.1 Å². The molecule has 2 aromatic heterocycles. The average Bonchev–Trinajstić information content (AvgIpc) is 3.02. The van der Waals surface area contributed by atoms with E-state index in [1.54, 1.807) is 18.0 Å². The van der Waals surface area contributed by atoms with Gasteiger partial charge in [0.2, 0.25) is 0 Å². The summed E-state index contributed by atoms with van der Waals surface area (Å²) in [6, 6.07) is 4.22. The van der Waals surface area contributed by atoms with Crippen molar-refractivity contribution in [2.24, 2.45) is 0 Å². The molecule has 22 heavy (non-hydrogen) atoms. The first-order valence-corrected chi connectivity index (χ1v) is 8.26. The number of anilines is 2. The molecule has 0 amide bonds.